The topological polar surface area (TPSA) is 85.8 Å². The molecule has 1 N–H and O–H groups in total. The number of methoxy groups -OCH3 is 2. The Labute approximate surface area is 197 Å². The minimum atomic E-state index is -0.0975. The minimum absolute atomic E-state index is 0.0449. The number of fused-ring (bicyclic) bond motifs is 1. The SMILES string of the molecule is CCOC(=O)C1CCN(c2nc(NCc3ccc(OC)c(OC)c3)c3c(C)csc3n2)CC1. The second-order valence-corrected chi connectivity index (χ2v) is 8.89. The Morgan fingerprint density at radius 2 is 1.94 bits per heavy atom. The zero-order valence-electron chi connectivity index (χ0n) is 19.5. The number of thiophene rings is 1. The molecular weight excluding hydrogens is 440 g/mol. The van der Waals surface area contributed by atoms with Gasteiger partial charge in [-0.3, -0.25) is 4.79 Å². The summed E-state index contributed by atoms with van der Waals surface area (Å²) >= 11 is 1.62. The Kier molecular flexibility index (Phi) is 7.17. The van der Waals surface area contributed by atoms with Gasteiger partial charge in [-0.1, -0.05) is 6.07 Å². The lowest BCUT2D eigenvalue weighted by atomic mass is 9.97. The Hall–Kier alpha value is -3.07. The third kappa shape index (κ3) is 4.98. The predicted molar refractivity (Wildman–Crippen MR) is 131 cm³/mol. The number of aromatic nitrogens is 2. The van der Waals surface area contributed by atoms with Gasteiger partial charge in [-0.05, 0) is 55.3 Å². The summed E-state index contributed by atoms with van der Waals surface area (Å²) in [6.07, 6.45) is 1.50. The maximum atomic E-state index is 12.1. The fraction of sp³-hybridized carbons (Fsp3) is 0.458. The molecule has 1 saturated heterocycles. The Bertz CT molecular complexity index is 1130. The van der Waals surface area contributed by atoms with Crippen LogP contribution in [0.15, 0.2) is 23.6 Å². The van der Waals surface area contributed by atoms with Crippen molar-refractivity contribution in [2.45, 2.75) is 33.2 Å². The monoisotopic (exact) mass is 470 g/mol. The third-order valence-corrected chi connectivity index (χ3v) is 6.90. The first-order valence-corrected chi connectivity index (χ1v) is 12.0. The normalized spacial score (nSPS) is 14.4. The van der Waals surface area contributed by atoms with E-state index in [4.69, 9.17) is 24.2 Å². The number of benzene rings is 1. The van der Waals surface area contributed by atoms with Crippen molar-refractivity contribution >= 4 is 39.3 Å². The van der Waals surface area contributed by atoms with Crippen molar-refractivity contribution in [3.8, 4) is 11.5 Å². The molecule has 4 rings (SSSR count). The summed E-state index contributed by atoms with van der Waals surface area (Å²) in [5.74, 6) is 2.77. The first-order chi connectivity index (χ1) is 16.0. The van der Waals surface area contributed by atoms with Crippen molar-refractivity contribution in [2.75, 3.05) is 44.1 Å². The van der Waals surface area contributed by atoms with Crippen LogP contribution in [0, 0.1) is 12.8 Å². The molecule has 0 aliphatic carbocycles. The van der Waals surface area contributed by atoms with Gasteiger partial charge >= 0.3 is 5.97 Å². The number of ether oxygens (including phenoxy) is 3. The Morgan fingerprint density at radius 3 is 2.64 bits per heavy atom. The van der Waals surface area contributed by atoms with Gasteiger partial charge in [0.25, 0.3) is 0 Å². The summed E-state index contributed by atoms with van der Waals surface area (Å²) in [6, 6.07) is 5.88. The summed E-state index contributed by atoms with van der Waals surface area (Å²) in [5.41, 5.74) is 2.21. The molecule has 0 amide bonds. The predicted octanol–water partition coefficient (Wildman–Crippen LogP) is 4.41. The van der Waals surface area contributed by atoms with Gasteiger partial charge < -0.3 is 24.4 Å². The molecule has 0 bridgehead atoms. The lowest BCUT2D eigenvalue weighted by Crippen LogP contribution is -2.38. The van der Waals surface area contributed by atoms with Gasteiger partial charge in [-0.15, -0.1) is 11.3 Å². The Balaban J connectivity index is 1.54. The van der Waals surface area contributed by atoms with Crippen LogP contribution in [0.25, 0.3) is 10.2 Å². The van der Waals surface area contributed by atoms with E-state index in [9.17, 15) is 4.79 Å². The summed E-state index contributed by atoms with van der Waals surface area (Å²) in [6.45, 7) is 6.39. The average molecular weight is 471 g/mol. The number of hydrogen-bond donors (Lipinski definition) is 1. The number of nitrogens with one attached hydrogen (secondary N) is 1. The lowest BCUT2D eigenvalue weighted by molar-refractivity contribution is -0.148. The van der Waals surface area contributed by atoms with E-state index in [0.29, 0.717) is 30.6 Å². The number of rotatable bonds is 8. The molecular formula is C24H30N4O4S. The molecule has 0 unspecified atom stereocenters. The molecule has 3 heterocycles. The van der Waals surface area contributed by atoms with Gasteiger partial charge in [-0.25, -0.2) is 4.98 Å². The zero-order valence-corrected chi connectivity index (χ0v) is 20.3. The second kappa shape index (κ2) is 10.2. The van der Waals surface area contributed by atoms with E-state index in [2.05, 4.69) is 22.5 Å². The lowest BCUT2D eigenvalue weighted by Gasteiger charge is -2.31. The average Bonchev–Trinajstić information content (AvgIpc) is 3.23. The van der Waals surface area contributed by atoms with Crippen LogP contribution in [0.3, 0.4) is 0 Å². The van der Waals surface area contributed by atoms with Crippen molar-refractivity contribution < 1.29 is 19.0 Å². The van der Waals surface area contributed by atoms with Crippen LogP contribution in [0.5, 0.6) is 11.5 Å². The van der Waals surface area contributed by atoms with Gasteiger partial charge in [0.15, 0.2) is 11.5 Å². The number of nitrogens with zero attached hydrogens (tertiary/aromatic N) is 3. The third-order valence-electron chi connectivity index (χ3n) is 5.91. The maximum absolute atomic E-state index is 12.1. The highest BCUT2D eigenvalue weighted by molar-refractivity contribution is 7.17. The number of aryl methyl sites for hydroxylation is 1. The van der Waals surface area contributed by atoms with Gasteiger partial charge in [0.05, 0.1) is 32.1 Å². The smallest absolute Gasteiger partial charge is 0.309 e. The van der Waals surface area contributed by atoms with Crippen molar-refractivity contribution in [3.05, 3.63) is 34.7 Å². The molecule has 1 aromatic carbocycles. The largest absolute Gasteiger partial charge is 0.493 e. The van der Waals surface area contributed by atoms with Gasteiger partial charge in [0.2, 0.25) is 5.95 Å². The van der Waals surface area contributed by atoms with Crippen LogP contribution in [0.4, 0.5) is 11.8 Å². The molecule has 176 valence electrons. The quantitative estimate of drug-likeness (QED) is 0.485. The summed E-state index contributed by atoms with van der Waals surface area (Å²) in [4.78, 5) is 24.9. The molecule has 1 aliphatic heterocycles. The maximum Gasteiger partial charge on any atom is 0.309 e. The highest BCUT2D eigenvalue weighted by atomic mass is 32.1. The molecule has 0 atom stereocenters. The first-order valence-electron chi connectivity index (χ1n) is 11.2. The summed E-state index contributed by atoms with van der Waals surface area (Å²) in [7, 11) is 3.26. The molecule has 0 saturated carbocycles. The number of esters is 1. The highest BCUT2D eigenvalue weighted by Gasteiger charge is 2.28. The molecule has 1 aliphatic rings. The molecule has 3 aromatic rings. The van der Waals surface area contributed by atoms with Crippen molar-refractivity contribution in [1.29, 1.82) is 0 Å². The van der Waals surface area contributed by atoms with E-state index in [1.54, 1.807) is 25.6 Å². The minimum Gasteiger partial charge on any atom is -0.493 e. The van der Waals surface area contributed by atoms with E-state index in [0.717, 1.165) is 53.1 Å². The molecule has 2 aromatic heterocycles. The van der Waals surface area contributed by atoms with E-state index in [1.807, 2.05) is 25.1 Å². The fourth-order valence-corrected chi connectivity index (χ4v) is 5.01. The van der Waals surface area contributed by atoms with Crippen LogP contribution >= 0.6 is 11.3 Å². The van der Waals surface area contributed by atoms with Gasteiger partial charge in [0, 0.05) is 19.6 Å². The molecule has 0 radical (unpaired) electrons. The number of carbonyl (C=O) groups excluding carboxylic acids is 1. The van der Waals surface area contributed by atoms with Gasteiger partial charge in [-0.2, -0.15) is 4.98 Å². The van der Waals surface area contributed by atoms with Gasteiger partial charge in [0.1, 0.15) is 10.6 Å². The number of hydrogen-bond acceptors (Lipinski definition) is 9. The summed E-state index contributed by atoms with van der Waals surface area (Å²) in [5, 5.41) is 6.66. The molecule has 0 spiro atoms. The highest BCUT2D eigenvalue weighted by Crippen LogP contribution is 2.33. The van der Waals surface area contributed by atoms with Crippen LogP contribution in [-0.4, -0.2) is 49.9 Å². The zero-order chi connectivity index (χ0) is 23.4. The van der Waals surface area contributed by atoms with E-state index < -0.39 is 0 Å². The van der Waals surface area contributed by atoms with Crippen LogP contribution in [0.2, 0.25) is 0 Å². The number of piperidine rings is 1. The number of anilines is 2. The van der Waals surface area contributed by atoms with Crippen molar-refractivity contribution in [3.63, 3.8) is 0 Å². The molecule has 8 nitrogen and oxygen atoms in total. The Morgan fingerprint density at radius 1 is 1.18 bits per heavy atom. The van der Waals surface area contributed by atoms with Crippen LogP contribution < -0.4 is 19.7 Å². The first kappa shape index (κ1) is 23.1. The molecule has 9 heteroatoms. The summed E-state index contributed by atoms with van der Waals surface area (Å²) < 4.78 is 16.0. The van der Waals surface area contributed by atoms with E-state index >= 15 is 0 Å². The number of carbonyl (C=O) groups is 1. The fourth-order valence-electron chi connectivity index (χ4n) is 4.09. The van der Waals surface area contributed by atoms with E-state index in [1.165, 1.54) is 0 Å². The van der Waals surface area contributed by atoms with E-state index in [-0.39, 0.29) is 11.9 Å². The second-order valence-electron chi connectivity index (χ2n) is 8.03. The van der Waals surface area contributed by atoms with Crippen LogP contribution in [0.1, 0.15) is 30.9 Å². The van der Waals surface area contributed by atoms with Crippen LogP contribution in [-0.2, 0) is 16.1 Å². The molecule has 1 fully saturated rings. The standard InChI is InChI=1S/C24H30N4O4S/c1-5-32-23(29)17-8-10-28(11-9-17)24-26-21(20-15(2)14-33-22(20)27-24)25-13-16-6-7-18(30-3)19(12-16)31-4/h6-7,12,14,17H,5,8-11,13H2,1-4H3,(H,25,26,27). The van der Waals surface area contributed by atoms with Crippen molar-refractivity contribution in [2.24, 2.45) is 5.92 Å². The van der Waals surface area contributed by atoms with Crippen molar-refractivity contribution in [1.82, 2.24) is 9.97 Å². The molecule has 33 heavy (non-hydrogen) atoms.